The van der Waals surface area contributed by atoms with Crippen LogP contribution >= 0.6 is 23.2 Å². The van der Waals surface area contributed by atoms with E-state index < -0.39 is 10.8 Å². The second-order valence-electron chi connectivity index (χ2n) is 8.79. The molecule has 3 aliphatic rings. The molecule has 5 rings (SSSR count). The number of halogens is 2. The number of hydrogen-bond donors (Lipinski definition) is 0. The van der Waals surface area contributed by atoms with Crippen LogP contribution in [0.25, 0.3) is 0 Å². The van der Waals surface area contributed by atoms with Crippen LogP contribution in [0.4, 0.5) is 5.69 Å². The maximum atomic E-state index is 13.0. The highest BCUT2D eigenvalue weighted by Crippen LogP contribution is 2.49. The van der Waals surface area contributed by atoms with Crippen molar-refractivity contribution in [3.8, 4) is 5.75 Å². The molecule has 9 heteroatoms. The Morgan fingerprint density at radius 3 is 1.97 bits per heavy atom. The van der Waals surface area contributed by atoms with Crippen LogP contribution in [-0.2, 0) is 20.9 Å². The molecule has 1 heterocycles. The number of nitro benzene ring substituents is 1. The smallest absolute Gasteiger partial charge is 0.269 e. The summed E-state index contributed by atoms with van der Waals surface area (Å²) in [5.74, 6) is 0.943. The number of benzene rings is 2. The number of hydrogen-bond acceptors (Lipinski definition) is 6. The minimum absolute atomic E-state index is 0.0116. The molecule has 0 fully saturated rings. The summed E-state index contributed by atoms with van der Waals surface area (Å²) < 4.78 is 11.9. The molecule has 0 unspecified atom stereocenters. The van der Waals surface area contributed by atoms with Gasteiger partial charge in [-0.05, 0) is 48.2 Å². The fourth-order valence-corrected chi connectivity index (χ4v) is 5.52. The largest absolute Gasteiger partial charge is 0.486 e. The maximum absolute atomic E-state index is 13.0. The van der Waals surface area contributed by atoms with Crippen molar-refractivity contribution in [1.82, 2.24) is 0 Å². The third-order valence-electron chi connectivity index (χ3n) is 6.53. The quantitative estimate of drug-likeness (QED) is 0.329. The number of rotatable bonds is 5. The van der Waals surface area contributed by atoms with E-state index >= 15 is 0 Å². The molecular formula is C26H21Cl2NO6. The summed E-state index contributed by atoms with van der Waals surface area (Å²) in [6, 6.07) is 9.37. The molecule has 0 saturated carbocycles. The van der Waals surface area contributed by atoms with Gasteiger partial charge in [0.05, 0.1) is 15.0 Å². The van der Waals surface area contributed by atoms with Gasteiger partial charge in [-0.15, -0.1) is 0 Å². The van der Waals surface area contributed by atoms with Gasteiger partial charge in [0.25, 0.3) is 5.69 Å². The fourth-order valence-electron chi connectivity index (χ4n) is 4.90. The highest BCUT2D eigenvalue weighted by Gasteiger charge is 2.42. The molecule has 35 heavy (non-hydrogen) atoms. The summed E-state index contributed by atoms with van der Waals surface area (Å²) in [5, 5.41) is 11.3. The minimum Gasteiger partial charge on any atom is -0.486 e. The zero-order valence-corrected chi connectivity index (χ0v) is 20.2. The summed E-state index contributed by atoms with van der Waals surface area (Å²) in [6.45, 7) is 0.107. The van der Waals surface area contributed by atoms with Gasteiger partial charge in [0.15, 0.2) is 17.3 Å². The number of Topliss-reactive ketones (excluding diaryl/α,β-unsaturated/α-hetero) is 2. The Labute approximate surface area is 211 Å². The predicted molar refractivity (Wildman–Crippen MR) is 129 cm³/mol. The summed E-state index contributed by atoms with van der Waals surface area (Å²) in [4.78, 5) is 36.3. The van der Waals surface area contributed by atoms with Crippen LogP contribution in [0.5, 0.6) is 5.75 Å². The summed E-state index contributed by atoms with van der Waals surface area (Å²) in [7, 11) is 0. The number of ketones is 2. The molecule has 0 aromatic heterocycles. The number of nitrogens with zero attached hydrogens (tertiary/aromatic N) is 1. The Morgan fingerprint density at radius 2 is 1.46 bits per heavy atom. The lowest BCUT2D eigenvalue weighted by atomic mass is 9.73. The molecule has 0 N–H and O–H groups in total. The number of ether oxygens (including phenoxy) is 2. The van der Waals surface area contributed by atoms with Crippen molar-refractivity contribution in [2.24, 2.45) is 0 Å². The van der Waals surface area contributed by atoms with Crippen molar-refractivity contribution in [1.29, 1.82) is 0 Å². The molecule has 0 atom stereocenters. The third-order valence-corrected chi connectivity index (χ3v) is 7.09. The van der Waals surface area contributed by atoms with Crippen molar-refractivity contribution < 1.29 is 24.0 Å². The molecule has 180 valence electrons. The van der Waals surface area contributed by atoms with Crippen LogP contribution in [0.15, 0.2) is 59.1 Å². The van der Waals surface area contributed by atoms with Crippen LogP contribution in [0.3, 0.4) is 0 Å². The molecule has 7 nitrogen and oxygen atoms in total. The Bertz CT molecular complexity index is 1250. The Balaban J connectivity index is 1.48. The molecule has 0 bridgehead atoms. The van der Waals surface area contributed by atoms with E-state index in [4.69, 9.17) is 32.7 Å². The fraction of sp³-hybridized carbons (Fsp3) is 0.308. The van der Waals surface area contributed by atoms with Gasteiger partial charge in [-0.25, -0.2) is 0 Å². The molecule has 0 amide bonds. The Kier molecular flexibility index (Phi) is 6.38. The van der Waals surface area contributed by atoms with E-state index in [1.165, 1.54) is 12.1 Å². The monoisotopic (exact) mass is 513 g/mol. The van der Waals surface area contributed by atoms with Gasteiger partial charge in [-0.2, -0.15) is 0 Å². The van der Waals surface area contributed by atoms with Crippen LogP contribution in [0.2, 0.25) is 10.0 Å². The van der Waals surface area contributed by atoms with Gasteiger partial charge in [0.2, 0.25) is 0 Å². The first-order valence-electron chi connectivity index (χ1n) is 11.4. The van der Waals surface area contributed by atoms with Crippen LogP contribution in [0.1, 0.15) is 55.6 Å². The Morgan fingerprint density at radius 1 is 0.914 bits per heavy atom. The average Bonchev–Trinajstić information content (AvgIpc) is 2.83. The molecule has 0 saturated heterocycles. The van der Waals surface area contributed by atoms with E-state index in [1.807, 2.05) is 0 Å². The normalized spacial score (nSPS) is 18.2. The summed E-state index contributed by atoms with van der Waals surface area (Å²) in [6.07, 6.45) is 3.57. The van der Waals surface area contributed by atoms with Gasteiger partial charge >= 0.3 is 0 Å². The number of carbonyl (C=O) groups is 2. The van der Waals surface area contributed by atoms with Crippen molar-refractivity contribution in [3.63, 3.8) is 0 Å². The first-order valence-corrected chi connectivity index (χ1v) is 12.1. The molecular weight excluding hydrogens is 493 g/mol. The molecule has 1 aliphatic heterocycles. The van der Waals surface area contributed by atoms with Crippen LogP contribution in [0, 0.1) is 10.1 Å². The Hall–Kier alpha value is -3.16. The van der Waals surface area contributed by atoms with E-state index in [9.17, 15) is 19.7 Å². The molecule has 0 radical (unpaired) electrons. The standard InChI is InChI=1S/C26H21Cl2NO6/c27-17-11-15(12-18(28)26(17)34-13-14-7-9-16(10-8-14)29(32)33)23-24-19(30)3-1-5-21(24)35-22-6-2-4-20(31)25(22)23/h7-12,23H,1-6,13H2. The topological polar surface area (TPSA) is 95.7 Å². The molecule has 2 aliphatic carbocycles. The summed E-state index contributed by atoms with van der Waals surface area (Å²) in [5.41, 5.74) is 2.40. The average molecular weight is 514 g/mol. The van der Waals surface area contributed by atoms with Gasteiger partial charge < -0.3 is 9.47 Å². The number of allylic oxidation sites excluding steroid dienone is 4. The second kappa shape index (κ2) is 9.47. The maximum Gasteiger partial charge on any atom is 0.269 e. The zero-order valence-electron chi connectivity index (χ0n) is 18.6. The van der Waals surface area contributed by atoms with E-state index in [0.717, 1.165) is 12.8 Å². The predicted octanol–water partition coefficient (Wildman–Crippen LogP) is 6.61. The summed E-state index contributed by atoms with van der Waals surface area (Å²) >= 11 is 13.2. The lowest BCUT2D eigenvalue weighted by Crippen LogP contribution is -2.30. The second-order valence-corrected chi connectivity index (χ2v) is 9.60. The lowest BCUT2D eigenvalue weighted by molar-refractivity contribution is -0.384. The van der Waals surface area contributed by atoms with Crippen molar-refractivity contribution >= 4 is 40.5 Å². The SMILES string of the molecule is O=C1CCCC2=C1C(c1cc(Cl)c(OCc3ccc([N+](=O)[O-])cc3)c(Cl)c1)C1=C(CCCC1=O)O2. The first kappa shape index (κ1) is 23.6. The lowest BCUT2D eigenvalue weighted by Gasteiger charge is -2.36. The molecule has 0 spiro atoms. The van der Waals surface area contributed by atoms with Gasteiger partial charge in [0.1, 0.15) is 18.1 Å². The first-order chi connectivity index (χ1) is 16.8. The van der Waals surface area contributed by atoms with Gasteiger partial charge in [-0.3, -0.25) is 19.7 Å². The van der Waals surface area contributed by atoms with Crippen LogP contribution in [-0.4, -0.2) is 16.5 Å². The van der Waals surface area contributed by atoms with E-state index in [-0.39, 0.29) is 39.7 Å². The highest BCUT2D eigenvalue weighted by atomic mass is 35.5. The van der Waals surface area contributed by atoms with Crippen molar-refractivity contribution in [3.05, 3.63) is 90.3 Å². The number of carbonyl (C=O) groups excluding carboxylic acids is 2. The minimum atomic E-state index is -0.562. The number of nitro groups is 1. The van der Waals surface area contributed by atoms with E-state index in [1.54, 1.807) is 24.3 Å². The molecule has 2 aromatic rings. The zero-order chi connectivity index (χ0) is 24.7. The van der Waals surface area contributed by atoms with Crippen molar-refractivity contribution in [2.45, 2.75) is 51.0 Å². The van der Waals surface area contributed by atoms with Gasteiger partial charge in [0, 0.05) is 54.9 Å². The number of non-ortho nitro benzene ring substituents is 1. The highest BCUT2D eigenvalue weighted by molar-refractivity contribution is 6.37. The van der Waals surface area contributed by atoms with Gasteiger partial charge in [-0.1, -0.05) is 23.2 Å². The third kappa shape index (κ3) is 4.46. The van der Waals surface area contributed by atoms with E-state index in [0.29, 0.717) is 59.5 Å². The van der Waals surface area contributed by atoms with E-state index in [2.05, 4.69) is 0 Å². The van der Waals surface area contributed by atoms with Crippen molar-refractivity contribution in [2.75, 3.05) is 0 Å². The molecule has 2 aromatic carbocycles. The van der Waals surface area contributed by atoms with Crippen LogP contribution < -0.4 is 4.74 Å².